The van der Waals surface area contributed by atoms with Crippen molar-refractivity contribution in [3.05, 3.63) is 59.9 Å². The number of urea groups is 1. The summed E-state index contributed by atoms with van der Waals surface area (Å²) in [5.41, 5.74) is 1.04. The van der Waals surface area contributed by atoms with Gasteiger partial charge in [-0.1, -0.05) is 18.2 Å². The summed E-state index contributed by atoms with van der Waals surface area (Å²) in [7, 11) is 0. The molecule has 116 valence electrons. The highest BCUT2D eigenvalue weighted by atomic mass is 19.3. The number of hydrogen-bond acceptors (Lipinski definition) is 2. The van der Waals surface area contributed by atoms with Gasteiger partial charge >= 0.3 is 12.6 Å². The van der Waals surface area contributed by atoms with Crippen molar-refractivity contribution >= 4 is 11.7 Å². The second-order valence-electron chi connectivity index (χ2n) is 4.34. The molecule has 0 aliphatic heterocycles. The number of alkyl halides is 2. The lowest BCUT2D eigenvalue weighted by molar-refractivity contribution is -0.0497. The van der Waals surface area contributed by atoms with E-state index in [-0.39, 0.29) is 18.1 Å². The summed E-state index contributed by atoms with van der Waals surface area (Å²) in [6.45, 7) is -2.72. The van der Waals surface area contributed by atoms with Crippen LogP contribution in [-0.4, -0.2) is 12.6 Å². The van der Waals surface area contributed by atoms with E-state index in [1.165, 1.54) is 36.4 Å². The van der Waals surface area contributed by atoms with Crippen molar-refractivity contribution in [3.8, 4) is 5.75 Å². The fraction of sp³-hybridized carbons (Fsp3) is 0.133. The largest absolute Gasteiger partial charge is 0.435 e. The summed E-state index contributed by atoms with van der Waals surface area (Å²) in [5, 5.41) is 5.05. The second kappa shape index (κ2) is 7.35. The van der Waals surface area contributed by atoms with Gasteiger partial charge in [-0.3, -0.25) is 0 Å². The highest BCUT2D eigenvalue weighted by molar-refractivity contribution is 5.89. The van der Waals surface area contributed by atoms with E-state index < -0.39 is 12.6 Å². The van der Waals surface area contributed by atoms with Crippen LogP contribution in [0.4, 0.5) is 23.7 Å². The van der Waals surface area contributed by atoms with Crippen molar-refractivity contribution in [2.24, 2.45) is 0 Å². The number of nitrogens with one attached hydrogen (secondary N) is 2. The number of hydrogen-bond donors (Lipinski definition) is 2. The molecule has 0 heterocycles. The van der Waals surface area contributed by atoms with Crippen LogP contribution in [0.1, 0.15) is 5.56 Å². The Labute approximate surface area is 124 Å². The minimum Gasteiger partial charge on any atom is -0.435 e. The zero-order valence-electron chi connectivity index (χ0n) is 11.4. The van der Waals surface area contributed by atoms with Gasteiger partial charge in [-0.15, -0.1) is 0 Å². The van der Waals surface area contributed by atoms with Gasteiger partial charge in [-0.05, 0) is 29.8 Å². The average Bonchev–Trinajstić information content (AvgIpc) is 2.46. The summed E-state index contributed by atoms with van der Waals surface area (Å²) in [4.78, 5) is 11.7. The normalized spacial score (nSPS) is 10.4. The van der Waals surface area contributed by atoms with Crippen molar-refractivity contribution in [2.75, 3.05) is 5.32 Å². The van der Waals surface area contributed by atoms with Gasteiger partial charge in [0, 0.05) is 18.3 Å². The molecule has 0 bridgehead atoms. The first-order valence-electron chi connectivity index (χ1n) is 6.37. The molecule has 0 aliphatic rings. The molecule has 0 saturated heterocycles. The molecule has 4 nitrogen and oxygen atoms in total. The zero-order valence-corrected chi connectivity index (χ0v) is 11.4. The molecule has 0 unspecified atom stereocenters. The van der Waals surface area contributed by atoms with Crippen molar-refractivity contribution in [3.63, 3.8) is 0 Å². The summed E-state index contributed by atoms with van der Waals surface area (Å²) in [6, 6.07) is 10.8. The average molecular weight is 310 g/mol. The number of ether oxygens (including phenoxy) is 1. The van der Waals surface area contributed by atoms with Crippen LogP contribution in [0.2, 0.25) is 0 Å². The quantitative estimate of drug-likeness (QED) is 0.883. The van der Waals surface area contributed by atoms with Crippen LogP contribution < -0.4 is 15.4 Å². The monoisotopic (exact) mass is 310 g/mol. The molecular weight excluding hydrogens is 297 g/mol. The molecular formula is C15H13F3N2O2. The van der Waals surface area contributed by atoms with Crippen molar-refractivity contribution in [1.29, 1.82) is 0 Å². The van der Waals surface area contributed by atoms with Crippen LogP contribution >= 0.6 is 0 Å². The van der Waals surface area contributed by atoms with Gasteiger partial charge in [-0.25, -0.2) is 9.18 Å². The van der Waals surface area contributed by atoms with E-state index in [0.29, 0.717) is 5.69 Å². The third kappa shape index (κ3) is 5.01. The van der Waals surface area contributed by atoms with Crippen LogP contribution in [0.15, 0.2) is 48.5 Å². The molecule has 0 spiro atoms. The van der Waals surface area contributed by atoms with Gasteiger partial charge in [0.05, 0.1) is 0 Å². The van der Waals surface area contributed by atoms with Crippen molar-refractivity contribution < 1.29 is 22.7 Å². The first-order valence-corrected chi connectivity index (χ1v) is 6.37. The maximum Gasteiger partial charge on any atom is 0.387 e. The van der Waals surface area contributed by atoms with E-state index in [1.807, 2.05) is 0 Å². The van der Waals surface area contributed by atoms with Gasteiger partial charge in [0.25, 0.3) is 0 Å². The van der Waals surface area contributed by atoms with E-state index in [0.717, 1.165) is 5.56 Å². The molecule has 7 heteroatoms. The Morgan fingerprint density at radius 2 is 1.86 bits per heavy atom. The first kappa shape index (κ1) is 15.7. The van der Waals surface area contributed by atoms with E-state index in [9.17, 15) is 18.0 Å². The van der Waals surface area contributed by atoms with Gasteiger partial charge in [0.1, 0.15) is 11.6 Å². The Morgan fingerprint density at radius 1 is 1.14 bits per heavy atom. The Kier molecular flexibility index (Phi) is 5.24. The molecule has 0 radical (unpaired) electrons. The van der Waals surface area contributed by atoms with E-state index in [4.69, 9.17) is 0 Å². The third-order valence-corrected chi connectivity index (χ3v) is 2.68. The molecule has 2 N–H and O–H groups in total. The lowest BCUT2D eigenvalue weighted by Gasteiger charge is -2.09. The summed E-state index contributed by atoms with van der Waals surface area (Å²) in [6.07, 6.45) is 0. The predicted molar refractivity (Wildman–Crippen MR) is 75.3 cm³/mol. The Bertz CT molecular complexity index is 633. The Hall–Kier alpha value is -2.70. The molecule has 22 heavy (non-hydrogen) atoms. The molecule has 0 fully saturated rings. The number of anilines is 1. The van der Waals surface area contributed by atoms with Crippen LogP contribution in [-0.2, 0) is 6.54 Å². The van der Waals surface area contributed by atoms with Gasteiger partial charge in [-0.2, -0.15) is 8.78 Å². The number of rotatable bonds is 5. The molecule has 0 aromatic heterocycles. The standard InChI is InChI=1S/C15H13F3N2O2/c16-11-6-4-10(5-7-11)9-19-15(21)20-12-2-1-3-13(8-12)22-14(17)18/h1-8,14H,9H2,(H2,19,20,21). The number of carbonyl (C=O) groups excluding carboxylic acids is 1. The van der Waals surface area contributed by atoms with Crippen LogP contribution in [0.3, 0.4) is 0 Å². The highest BCUT2D eigenvalue weighted by Gasteiger charge is 2.06. The number of benzene rings is 2. The number of halogens is 3. The Balaban J connectivity index is 1.87. The minimum absolute atomic E-state index is 0.0497. The summed E-state index contributed by atoms with van der Waals surface area (Å²) in [5.74, 6) is -0.407. The maximum atomic E-state index is 12.7. The highest BCUT2D eigenvalue weighted by Crippen LogP contribution is 2.19. The number of amides is 2. The second-order valence-corrected chi connectivity index (χ2v) is 4.34. The van der Waals surface area contributed by atoms with E-state index >= 15 is 0 Å². The molecule has 0 saturated carbocycles. The van der Waals surface area contributed by atoms with Crippen molar-refractivity contribution in [2.45, 2.75) is 13.2 Å². The zero-order chi connectivity index (χ0) is 15.9. The van der Waals surface area contributed by atoms with E-state index in [2.05, 4.69) is 15.4 Å². The molecule has 2 amide bonds. The lowest BCUT2D eigenvalue weighted by Crippen LogP contribution is -2.28. The molecule has 2 rings (SSSR count). The topological polar surface area (TPSA) is 50.4 Å². The van der Waals surface area contributed by atoms with Crippen molar-refractivity contribution in [1.82, 2.24) is 5.32 Å². The molecule has 0 aliphatic carbocycles. The first-order chi connectivity index (χ1) is 10.5. The summed E-state index contributed by atoms with van der Waals surface area (Å²) >= 11 is 0. The molecule has 0 atom stereocenters. The lowest BCUT2D eigenvalue weighted by atomic mass is 10.2. The smallest absolute Gasteiger partial charge is 0.387 e. The van der Waals surface area contributed by atoms with Gasteiger partial charge < -0.3 is 15.4 Å². The summed E-state index contributed by atoms with van der Waals surface area (Å²) < 4.78 is 41.2. The predicted octanol–water partition coefficient (Wildman–Crippen LogP) is 3.75. The fourth-order valence-electron chi connectivity index (χ4n) is 1.71. The van der Waals surface area contributed by atoms with Crippen LogP contribution in [0.25, 0.3) is 0 Å². The molecule has 2 aromatic rings. The SMILES string of the molecule is O=C(NCc1ccc(F)cc1)Nc1cccc(OC(F)F)c1. The number of carbonyl (C=O) groups is 1. The van der Waals surface area contributed by atoms with Gasteiger partial charge in [0.15, 0.2) is 0 Å². The fourth-order valence-corrected chi connectivity index (χ4v) is 1.71. The van der Waals surface area contributed by atoms with Gasteiger partial charge in [0.2, 0.25) is 0 Å². The maximum absolute atomic E-state index is 12.7. The molecule has 2 aromatic carbocycles. The third-order valence-electron chi connectivity index (χ3n) is 2.68. The van der Waals surface area contributed by atoms with Crippen LogP contribution in [0, 0.1) is 5.82 Å². The minimum atomic E-state index is -2.93. The Morgan fingerprint density at radius 3 is 2.55 bits per heavy atom. The van der Waals surface area contributed by atoms with Crippen LogP contribution in [0.5, 0.6) is 5.75 Å². The van der Waals surface area contributed by atoms with E-state index in [1.54, 1.807) is 12.1 Å².